The smallest absolute Gasteiger partial charge is 0.332 e. The molecule has 2 N–H and O–H groups in total. The Hall–Kier alpha value is -0.570. The molecule has 0 aromatic carbocycles. The van der Waals surface area contributed by atoms with Crippen LogP contribution in [0.15, 0.2) is 0 Å². The van der Waals surface area contributed by atoms with Crippen LogP contribution in [0.3, 0.4) is 0 Å². The monoisotopic (exact) mass is 160 g/mol. The predicted molar refractivity (Wildman–Crippen MR) is 42.3 cm³/mol. The van der Waals surface area contributed by atoms with Gasteiger partial charge in [-0.1, -0.05) is 26.7 Å². The zero-order valence-electron chi connectivity index (χ0n) is 7.08. The van der Waals surface area contributed by atoms with Gasteiger partial charge in [0, 0.05) is 0 Å². The molecule has 0 bridgehead atoms. The maximum absolute atomic E-state index is 10.3. The largest absolute Gasteiger partial charge is 0.479 e. The van der Waals surface area contributed by atoms with Gasteiger partial charge in [0.25, 0.3) is 0 Å². The van der Waals surface area contributed by atoms with Crippen molar-refractivity contribution in [2.45, 2.75) is 39.2 Å². The van der Waals surface area contributed by atoms with Crippen molar-refractivity contribution < 1.29 is 15.0 Å². The molecule has 3 nitrogen and oxygen atoms in total. The summed E-state index contributed by atoms with van der Waals surface area (Å²) in [6.07, 6.45) is 1.60. The molecule has 66 valence electrons. The van der Waals surface area contributed by atoms with Crippen molar-refractivity contribution in [3.63, 3.8) is 0 Å². The highest BCUT2D eigenvalue weighted by Gasteiger charge is 2.20. The van der Waals surface area contributed by atoms with E-state index < -0.39 is 12.1 Å². The lowest BCUT2D eigenvalue weighted by Gasteiger charge is -2.13. The van der Waals surface area contributed by atoms with Crippen molar-refractivity contribution in [1.82, 2.24) is 0 Å². The Morgan fingerprint density at radius 2 is 2.09 bits per heavy atom. The highest BCUT2D eigenvalue weighted by atomic mass is 16.4. The molecule has 0 aliphatic carbocycles. The topological polar surface area (TPSA) is 57.5 Å². The van der Waals surface area contributed by atoms with E-state index in [2.05, 4.69) is 0 Å². The minimum absolute atomic E-state index is 0.132. The molecule has 0 aliphatic rings. The van der Waals surface area contributed by atoms with Crippen molar-refractivity contribution >= 4 is 5.97 Å². The number of carboxylic acids is 1. The van der Waals surface area contributed by atoms with Gasteiger partial charge in [-0.25, -0.2) is 4.79 Å². The lowest BCUT2D eigenvalue weighted by Crippen LogP contribution is -2.27. The normalized spacial score (nSPS) is 15.9. The third kappa shape index (κ3) is 3.98. The van der Waals surface area contributed by atoms with E-state index in [1.165, 1.54) is 0 Å². The van der Waals surface area contributed by atoms with Gasteiger partial charge in [-0.05, 0) is 12.3 Å². The lowest BCUT2D eigenvalue weighted by molar-refractivity contribution is -0.149. The standard InChI is InChI=1S/C8H16O3/c1-3-4-5-6(2)7(9)8(10)11/h6-7,9H,3-5H2,1-2H3,(H,10,11)/t6-,7-/m1/s1. The number of aliphatic hydroxyl groups is 1. The van der Waals surface area contributed by atoms with Gasteiger partial charge in [0.1, 0.15) is 0 Å². The maximum Gasteiger partial charge on any atom is 0.332 e. The minimum atomic E-state index is -1.19. The Morgan fingerprint density at radius 3 is 2.45 bits per heavy atom. The first-order valence-electron chi connectivity index (χ1n) is 4.00. The number of aliphatic hydroxyl groups excluding tert-OH is 1. The van der Waals surface area contributed by atoms with E-state index >= 15 is 0 Å². The Bertz CT molecular complexity index is 123. The second kappa shape index (κ2) is 5.13. The molecule has 0 radical (unpaired) electrons. The first-order chi connectivity index (χ1) is 5.09. The fourth-order valence-corrected chi connectivity index (χ4v) is 0.927. The van der Waals surface area contributed by atoms with Crippen molar-refractivity contribution in [3.8, 4) is 0 Å². The van der Waals surface area contributed by atoms with Gasteiger partial charge in [-0.2, -0.15) is 0 Å². The van der Waals surface area contributed by atoms with E-state index in [-0.39, 0.29) is 5.92 Å². The summed E-state index contributed by atoms with van der Waals surface area (Å²) >= 11 is 0. The Kier molecular flexibility index (Phi) is 4.86. The van der Waals surface area contributed by atoms with Gasteiger partial charge in [-0.3, -0.25) is 0 Å². The van der Waals surface area contributed by atoms with Crippen LogP contribution in [0.4, 0.5) is 0 Å². The highest BCUT2D eigenvalue weighted by molar-refractivity contribution is 5.72. The number of rotatable bonds is 5. The summed E-state index contributed by atoms with van der Waals surface area (Å²) in [4.78, 5) is 10.3. The van der Waals surface area contributed by atoms with E-state index in [9.17, 15) is 4.79 Å². The summed E-state index contributed by atoms with van der Waals surface area (Å²) in [6.45, 7) is 3.80. The van der Waals surface area contributed by atoms with Crippen LogP contribution >= 0.6 is 0 Å². The number of hydrogen-bond donors (Lipinski definition) is 2. The van der Waals surface area contributed by atoms with Crippen LogP contribution in [0, 0.1) is 5.92 Å². The second-order valence-corrected chi connectivity index (χ2v) is 2.90. The average Bonchev–Trinajstić information content (AvgIpc) is 1.98. The van der Waals surface area contributed by atoms with Gasteiger partial charge in [0.2, 0.25) is 0 Å². The fourth-order valence-electron chi connectivity index (χ4n) is 0.927. The van der Waals surface area contributed by atoms with Crippen LogP contribution in [-0.4, -0.2) is 22.3 Å². The van der Waals surface area contributed by atoms with Crippen LogP contribution in [0.1, 0.15) is 33.1 Å². The molecule has 2 atom stereocenters. The molecule has 0 heterocycles. The molecule has 0 aromatic rings. The van der Waals surface area contributed by atoms with Crippen molar-refractivity contribution in [1.29, 1.82) is 0 Å². The summed E-state index contributed by atoms with van der Waals surface area (Å²) in [6, 6.07) is 0. The van der Waals surface area contributed by atoms with E-state index in [1.54, 1.807) is 6.92 Å². The lowest BCUT2D eigenvalue weighted by atomic mass is 9.98. The molecular formula is C8H16O3. The van der Waals surface area contributed by atoms with Gasteiger partial charge in [0.05, 0.1) is 0 Å². The Morgan fingerprint density at radius 1 is 1.55 bits per heavy atom. The summed E-state index contributed by atoms with van der Waals surface area (Å²) in [5, 5.41) is 17.4. The summed E-state index contributed by atoms with van der Waals surface area (Å²) in [7, 11) is 0. The van der Waals surface area contributed by atoms with Crippen LogP contribution in [-0.2, 0) is 4.79 Å². The average molecular weight is 160 g/mol. The van der Waals surface area contributed by atoms with E-state index in [0.29, 0.717) is 0 Å². The molecule has 0 unspecified atom stereocenters. The molecule has 0 aliphatic heterocycles. The number of carboxylic acid groups (broad SMARTS) is 1. The first kappa shape index (κ1) is 10.4. The van der Waals surface area contributed by atoms with Gasteiger partial charge in [-0.15, -0.1) is 0 Å². The van der Waals surface area contributed by atoms with Crippen LogP contribution in [0.25, 0.3) is 0 Å². The summed E-state index contributed by atoms with van der Waals surface area (Å²) in [5.41, 5.74) is 0. The molecule has 0 saturated heterocycles. The van der Waals surface area contributed by atoms with Crippen LogP contribution in [0.5, 0.6) is 0 Å². The number of aliphatic carboxylic acids is 1. The minimum Gasteiger partial charge on any atom is -0.479 e. The van der Waals surface area contributed by atoms with Gasteiger partial charge < -0.3 is 10.2 Å². The highest BCUT2D eigenvalue weighted by Crippen LogP contribution is 2.11. The van der Waals surface area contributed by atoms with Crippen molar-refractivity contribution in [2.24, 2.45) is 5.92 Å². The molecule has 0 amide bonds. The maximum atomic E-state index is 10.3. The number of carbonyl (C=O) groups is 1. The molecule has 0 spiro atoms. The third-order valence-corrected chi connectivity index (χ3v) is 1.81. The SMILES string of the molecule is CCCC[C@@H](C)[C@@H](O)C(=O)O. The number of hydrogen-bond acceptors (Lipinski definition) is 2. The first-order valence-corrected chi connectivity index (χ1v) is 4.00. The summed E-state index contributed by atoms with van der Waals surface area (Å²) in [5.74, 6) is -1.25. The van der Waals surface area contributed by atoms with E-state index in [0.717, 1.165) is 19.3 Å². The zero-order valence-corrected chi connectivity index (χ0v) is 7.08. The van der Waals surface area contributed by atoms with Crippen molar-refractivity contribution in [3.05, 3.63) is 0 Å². The van der Waals surface area contributed by atoms with E-state index in [4.69, 9.17) is 10.2 Å². The molecule has 0 saturated carbocycles. The predicted octanol–water partition coefficient (Wildman–Crippen LogP) is 1.26. The molecule has 0 aromatic heterocycles. The second-order valence-electron chi connectivity index (χ2n) is 2.90. The van der Waals surface area contributed by atoms with E-state index in [1.807, 2.05) is 6.92 Å². The third-order valence-electron chi connectivity index (χ3n) is 1.81. The number of unbranched alkanes of at least 4 members (excludes halogenated alkanes) is 1. The fraction of sp³-hybridized carbons (Fsp3) is 0.875. The van der Waals surface area contributed by atoms with Gasteiger partial charge >= 0.3 is 5.97 Å². The van der Waals surface area contributed by atoms with Crippen LogP contribution < -0.4 is 0 Å². The van der Waals surface area contributed by atoms with Gasteiger partial charge in [0.15, 0.2) is 6.10 Å². The summed E-state index contributed by atoms with van der Waals surface area (Å²) < 4.78 is 0. The van der Waals surface area contributed by atoms with Crippen LogP contribution in [0.2, 0.25) is 0 Å². The molecule has 3 heteroatoms. The van der Waals surface area contributed by atoms with Crippen molar-refractivity contribution in [2.75, 3.05) is 0 Å². The molecule has 0 rings (SSSR count). The molecular weight excluding hydrogens is 144 g/mol. The zero-order chi connectivity index (χ0) is 8.85. The molecule has 0 fully saturated rings. The quantitative estimate of drug-likeness (QED) is 0.636. The Balaban J connectivity index is 3.63. The molecule has 11 heavy (non-hydrogen) atoms. The Labute approximate surface area is 67.0 Å².